The van der Waals surface area contributed by atoms with Gasteiger partial charge in [0.05, 0.1) is 6.42 Å². The molecule has 1 saturated heterocycles. The summed E-state index contributed by atoms with van der Waals surface area (Å²) in [6, 6.07) is 2.47. The van der Waals surface area contributed by atoms with Gasteiger partial charge in [-0.1, -0.05) is 12.8 Å². The van der Waals surface area contributed by atoms with Crippen molar-refractivity contribution in [1.82, 2.24) is 10.6 Å². The van der Waals surface area contributed by atoms with Crippen LogP contribution in [0.25, 0.3) is 0 Å². The Morgan fingerprint density at radius 2 is 2.41 bits per heavy atom. The Balaban J connectivity index is 1.68. The fourth-order valence-electron chi connectivity index (χ4n) is 2.15. The molecule has 1 aliphatic heterocycles. The summed E-state index contributed by atoms with van der Waals surface area (Å²) < 4.78 is 0. The third-order valence-corrected chi connectivity index (χ3v) is 3.88. The maximum Gasteiger partial charge on any atom is 0.224 e. The first kappa shape index (κ1) is 12.6. The van der Waals surface area contributed by atoms with E-state index in [1.54, 1.807) is 11.3 Å². The zero-order valence-corrected chi connectivity index (χ0v) is 10.9. The number of rotatable bonds is 4. The van der Waals surface area contributed by atoms with Crippen LogP contribution in [0.4, 0.5) is 0 Å². The van der Waals surface area contributed by atoms with Gasteiger partial charge in [-0.05, 0) is 41.8 Å². The lowest BCUT2D eigenvalue weighted by molar-refractivity contribution is -0.120. The summed E-state index contributed by atoms with van der Waals surface area (Å²) in [5.74, 6) is 0.134. The largest absolute Gasteiger partial charge is 0.354 e. The predicted molar refractivity (Wildman–Crippen MR) is 71.3 cm³/mol. The molecule has 0 bridgehead atoms. The van der Waals surface area contributed by atoms with E-state index in [2.05, 4.69) is 10.6 Å². The Bertz CT molecular complexity index is 329. The molecule has 1 aliphatic rings. The molecule has 1 fully saturated rings. The minimum absolute atomic E-state index is 0.134. The predicted octanol–water partition coefficient (Wildman–Crippen LogP) is 1.94. The van der Waals surface area contributed by atoms with Gasteiger partial charge in [0.1, 0.15) is 0 Å². The third kappa shape index (κ3) is 4.48. The van der Waals surface area contributed by atoms with Crippen LogP contribution in [-0.2, 0) is 11.2 Å². The van der Waals surface area contributed by atoms with Crippen molar-refractivity contribution >= 4 is 17.2 Å². The smallest absolute Gasteiger partial charge is 0.224 e. The molecule has 0 radical (unpaired) electrons. The van der Waals surface area contributed by atoms with Crippen molar-refractivity contribution in [1.29, 1.82) is 0 Å². The van der Waals surface area contributed by atoms with Crippen LogP contribution in [0.15, 0.2) is 16.8 Å². The molecule has 0 aliphatic carbocycles. The van der Waals surface area contributed by atoms with Crippen molar-refractivity contribution in [3.63, 3.8) is 0 Å². The summed E-state index contributed by atoms with van der Waals surface area (Å²) in [7, 11) is 0. The summed E-state index contributed by atoms with van der Waals surface area (Å²) in [5, 5.41) is 10.5. The average molecular weight is 252 g/mol. The standard InChI is InChI=1S/C13H20N2OS/c16-13(8-11-5-7-17-10-11)15-9-12-4-2-1-3-6-14-12/h5,7,10,12,14H,1-4,6,8-9H2,(H,15,16)/t12-/m1/s1. The quantitative estimate of drug-likeness (QED) is 0.860. The van der Waals surface area contributed by atoms with E-state index < -0.39 is 0 Å². The van der Waals surface area contributed by atoms with Crippen LogP contribution >= 0.6 is 11.3 Å². The van der Waals surface area contributed by atoms with Crippen molar-refractivity contribution in [2.24, 2.45) is 0 Å². The highest BCUT2D eigenvalue weighted by molar-refractivity contribution is 7.07. The highest BCUT2D eigenvalue weighted by Gasteiger charge is 2.12. The highest BCUT2D eigenvalue weighted by atomic mass is 32.1. The SMILES string of the molecule is O=C(Cc1ccsc1)NC[C@H]1CCCCCN1. The number of carbonyl (C=O) groups excluding carboxylic acids is 1. The van der Waals surface area contributed by atoms with Gasteiger partial charge < -0.3 is 10.6 Å². The van der Waals surface area contributed by atoms with E-state index in [9.17, 15) is 4.79 Å². The Labute approximate surface area is 107 Å². The van der Waals surface area contributed by atoms with Crippen molar-refractivity contribution in [3.05, 3.63) is 22.4 Å². The van der Waals surface area contributed by atoms with E-state index in [1.807, 2.05) is 16.8 Å². The van der Waals surface area contributed by atoms with Crippen molar-refractivity contribution in [3.8, 4) is 0 Å². The zero-order chi connectivity index (χ0) is 11.9. The summed E-state index contributed by atoms with van der Waals surface area (Å²) in [6.45, 7) is 1.86. The van der Waals surface area contributed by atoms with Gasteiger partial charge in [-0.3, -0.25) is 4.79 Å². The van der Waals surface area contributed by atoms with Gasteiger partial charge >= 0.3 is 0 Å². The van der Waals surface area contributed by atoms with E-state index in [0.717, 1.165) is 18.7 Å². The van der Waals surface area contributed by atoms with E-state index in [-0.39, 0.29) is 5.91 Å². The molecule has 1 aromatic rings. The van der Waals surface area contributed by atoms with Gasteiger partial charge in [0.15, 0.2) is 0 Å². The normalized spacial score (nSPS) is 20.8. The Kier molecular flexibility index (Phi) is 5.01. The lowest BCUT2D eigenvalue weighted by Crippen LogP contribution is -2.40. The number of hydrogen-bond acceptors (Lipinski definition) is 3. The molecule has 1 atom stereocenters. The molecule has 0 spiro atoms. The van der Waals surface area contributed by atoms with Gasteiger partial charge in [-0.25, -0.2) is 0 Å². The van der Waals surface area contributed by atoms with Gasteiger partial charge in [0.25, 0.3) is 0 Å². The number of amides is 1. The molecule has 1 amide bonds. The third-order valence-electron chi connectivity index (χ3n) is 3.15. The minimum Gasteiger partial charge on any atom is -0.354 e. The summed E-state index contributed by atoms with van der Waals surface area (Å²) >= 11 is 1.64. The van der Waals surface area contributed by atoms with Crippen LogP contribution in [0.5, 0.6) is 0 Å². The van der Waals surface area contributed by atoms with Crippen molar-refractivity contribution < 1.29 is 4.79 Å². The summed E-state index contributed by atoms with van der Waals surface area (Å²) in [5.41, 5.74) is 1.11. The second-order valence-corrected chi connectivity index (χ2v) is 5.39. The van der Waals surface area contributed by atoms with Crippen LogP contribution < -0.4 is 10.6 Å². The fourth-order valence-corrected chi connectivity index (χ4v) is 2.82. The molecule has 0 unspecified atom stereocenters. The van der Waals surface area contributed by atoms with Crippen molar-refractivity contribution in [2.75, 3.05) is 13.1 Å². The Hall–Kier alpha value is -0.870. The van der Waals surface area contributed by atoms with E-state index >= 15 is 0 Å². The summed E-state index contributed by atoms with van der Waals surface area (Å²) in [4.78, 5) is 11.7. The first-order valence-corrected chi connectivity index (χ1v) is 7.30. The Morgan fingerprint density at radius 1 is 1.47 bits per heavy atom. The lowest BCUT2D eigenvalue weighted by Gasteiger charge is -2.16. The maximum atomic E-state index is 11.7. The lowest BCUT2D eigenvalue weighted by atomic mass is 10.1. The highest BCUT2D eigenvalue weighted by Crippen LogP contribution is 2.08. The van der Waals surface area contributed by atoms with Crippen LogP contribution in [0.2, 0.25) is 0 Å². The van der Waals surface area contributed by atoms with Crippen LogP contribution in [-0.4, -0.2) is 25.0 Å². The number of hydrogen-bond donors (Lipinski definition) is 2. The van der Waals surface area contributed by atoms with Gasteiger partial charge in [-0.15, -0.1) is 0 Å². The van der Waals surface area contributed by atoms with Crippen LogP contribution in [0, 0.1) is 0 Å². The first-order chi connectivity index (χ1) is 8.34. The summed E-state index contributed by atoms with van der Waals surface area (Å²) in [6.07, 6.45) is 5.54. The van der Waals surface area contributed by atoms with E-state index in [1.165, 1.54) is 25.7 Å². The van der Waals surface area contributed by atoms with Gasteiger partial charge in [0, 0.05) is 12.6 Å². The van der Waals surface area contributed by atoms with E-state index in [4.69, 9.17) is 0 Å². The van der Waals surface area contributed by atoms with Crippen molar-refractivity contribution in [2.45, 2.75) is 38.1 Å². The number of carbonyl (C=O) groups is 1. The molecular weight excluding hydrogens is 232 g/mol. The fraction of sp³-hybridized carbons (Fsp3) is 0.615. The molecule has 2 N–H and O–H groups in total. The molecule has 94 valence electrons. The van der Waals surface area contributed by atoms with Gasteiger partial charge in [-0.2, -0.15) is 11.3 Å². The molecule has 4 heteroatoms. The monoisotopic (exact) mass is 252 g/mol. The van der Waals surface area contributed by atoms with E-state index in [0.29, 0.717) is 12.5 Å². The molecule has 1 aromatic heterocycles. The van der Waals surface area contributed by atoms with Crippen LogP contribution in [0.1, 0.15) is 31.2 Å². The van der Waals surface area contributed by atoms with Crippen LogP contribution in [0.3, 0.4) is 0 Å². The average Bonchev–Trinajstić information content (AvgIpc) is 2.68. The van der Waals surface area contributed by atoms with Gasteiger partial charge in [0.2, 0.25) is 5.91 Å². The first-order valence-electron chi connectivity index (χ1n) is 6.36. The topological polar surface area (TPSA) is 41.1 Å². The second-order valence-electron chi connectivity index (χ2n) is 4.61. The zero-order valence-electron chi connectivity index (χ0n) is 10.1. The number of thiophene rings is 1. The molecule has 3 nitrogen and oxygen atoms in total. The maximum absolute atomic E-state index is 11.7. The molecule has 0 saturated carbocycles. The molecule has 17 heavy (non-hydrogen) atoms. The Morgan fingerprint density at radius 3 is 3.24 bits per heavy atom. The molecule has 2 rings (SSSR count). The minimum atomic E-state index is 0.134. The second kappa shape index (κ2) is 6.77. The molecule has 0 aromatic carbocycles. The molecular formula is C13H20N2OS. The number of nitrogens with one attached hydrogen (secondary N) is 2. The molecule has 2 heterocycles.